The summed E-state index contributed by atoms with van der Waals surface area (Å²) in [6, 6.07) is 15.9. The molecule has 4 rings (SSSR count). The van der Waals surface area contributed by atoms with Crippen LogP contribution in [-0.2, 0) is 16.6 Å². The Hall–Kier alpha value is -3.61. The van der Waals surface area contributed by atoms with E-state index in [1.165, 1.54) is 11.1 Å². The molecule has 7 nitrogen and oxygen atoms in total. The van der Waals surface area contributed by atoms with Crippen LogP contribution in [0.25, 0.3) is 11.1 Å². The van der Waals surface area contributed by atoms with Gasteiger partial charge >= 0.3 is 12.1 Å². The van der Waals surface area contributed by atoms with Crippen molar-refractivity contribution in [2.75, 3.05) is 6.61 Å². The zero-order valence-electron chi connectivity index (χ0n) is 17.5. The number of hydrogen-bond donors (Lipinski definition) is 2. The molecule has 7 heteroatoms. The molecule has 31 heavy (non-hydrogen) atoms. The molecular formula is C24H25N3O4. The Balaban J connectivity index is 1.44. The fourth-order valence-corrected chi connectivity index (χ4v) is 4.38. The molecule has 0 saturated carbocycles. The van der Waals surface area contributed by atoms with Gasteiger partial charge in [0.15, 0.2) is 0 Å². The molecule has 1 amide bonds. The Bertz CT molecular complexity index is 1060. The molecule has 2 unspecified atom stereocenters. The molecule has 2 N–H and O–H groups in total. The third-order valence-corrected chi connectivity index (χ3v) is 5.92. The maximum Gasteiger partial charge on any atom is 0.407 e. The van der Waals surface area contributed by atoms with Gasteiger partial charge in [-0.05, 0) is 29.2 Å². The number of nitrogens with one attached hydrogen (secondary N) is 1. The zero-order valence-corrected chi connectivity index (χ0v) is 17.5. The molecule has 0 saturated heterocycles. The molecule has 2 aromatic carbocycles. The number of benzene rings is 2. The van der Waals surface area contributed by atoms with E-state index in [2.05, 4.69) is 34.6 Å². The average molecular weight is 419 g/mol. The maximum absolute atomic E-state index is 12.6. The largest absolute Gasteiger partial charge is 0.481 e. The van der Waals surface area contributed by atoms with Gasteiger partial charge in [0.05, 0.1) is 12.7 Å². The highest BCUT2D eigenvalue weighted by Gasteiger charge is 2.30. The number of ether oxygens (including phenoxy) is 1. The Labute approximate surface area is 180 Å². The highest BCUT2D eigenvalue weighted by atomic mass is 16.5. The number of nitrogens with zero attached hydrogens (tertiary/aromatic N) is 2. The van der Waals surface area contributed by atoms with E-state index in [1.54, 1.807) is 31.1 Å². The van der Waals surface area contributed by atoms with Crippen molar-refractivity contribution in [3.05, 3.63) is 77.9 Å². The molecule has 2 atom stereocenters. The lowest BCUT2D eigenvalue weighted by atomic mass is 9.94. The molecule has 0 fully saturated rings. The van der Waals surface area contributed by atoms with Crippen LogP contribution >= 0.6 is 0 Å². The number of hydrogen-bond acceptors (Lipinski definition) is 4. The smallest absolute Gasteiger partial charge is 0.407 e. The average Bonchev–Trinajstić information content (AvgIpc) is 3.31. The van der Waals surface area contributed by atoms with E-state index < -0.39 is 24.0 Å². The van der Waals surface area contributed by atoms with Crippen molar-refractivity contribution in [3.8, 4) is 11.1 Å². The molecule has 0 bridgehead atoms. The van der Waals surface area contributed by atoms with E-state index in [0.29, 0.717) is 0 Å². The van der Waals surface area contributed by atoms with Crippen molar-refractivity contribution in [3.63, 3.8) is 0 Å². The van der Waals surface area contributed by atoms with Gasteiger partial charge in [0, 0.05) is 36.8 Å². The second kappa shape index (κ2) is 8.63. The number of carbonyl (C=O) groups is 2. The zero-order chi connectivity index (χ0) is 22.0. The van der Waals surface area contributed by atoms with Crippen LogP contribution in [0.15, 0.2) is 61.1 Å². The molecule has 0 aliphatic heterocycles. The number of carboxylic acids is 1. The van der Waals surface area contributed by atoms with Crippen LogP contribution in [0.4, 0.5) is 4.79 Å². The number of fused-ring (bicyclic) bond motifs is 3. The lowest BCUT2D eigenvalue weighted by Crippen LogP contribution is -2.39. The van der Waals surface area contributed by atoms with Crippen LogP contribution in [-0.4, -0.2) is 39.4 Å². The molecule has 160 valence electrons. The first-order valence-electron chi connectivity index (χ1n) is 10.2. The topological polar surface area (TPSA) is 93.4 Å². The maximum atomic E-state index is 12.6. The minimum absolute atomic E-state index is 0.0275. The Kier molecular flexibility index (Phi) is 5.75. The SMILES string of the molecule is CC(NC(=O)OCC1c2ccccc2-c2ccccc21)C(CC(=O)O)c1cncn1C. The van der Waals surface area contributed by atoms with E-state index in [9.17, 15) is 14.7 Å². The molecule has 1 aliphatic carbocycles. The number of rotatable bonds is 7. The summed E-state index contributed by atoms with van der Waals surface area (Å²) in [5, 5.41) is 12.1. The van der Waals surface area contributed by atoms with E-state index in [4.69, 9.17) is 4.74 Å². The predicted molar refractivity (Wildman–Crippen MR) is 116 cm³/mol. The molecule has 0 radical (unpaired) electrons. The second-order valence-electron chi connectivity index (χ2n) is 7.89. The number of amides is 1. The molecule has 1 heterocycles. The van der Waals surface area contributed by atoms with Crippen LogP contribution < -0.4 is 5.32 Å². The minimum Gasteiger partial charge on any atom is -0.481 e. The molecule has 1 aromatic heterocycles. The first-order chi connectivity index (χ1) is 15.0. The van der Waals surface area contributed by atoms with E-state index in [1.807, 2.05) is 24.3 Å². The molecular weight excluding hydrogens is 394 g/mol. The van der Waals surface area contributed by atoms with Crippen LogP contribution in [0.2, 0.25) is 0 Å². The van der Waals surface area contributed by atoms with Gasteiger partial charge in [0.2, 0.25) is 0 Å². The fourth-order valence-electron chi connectivity index (χ4n) is 4.38. The normalized spacial score (nSPS) is 14.4. The number of aryl methyl sites for hydroxylation is 1. The monoisotopic (exact) mass is 419 g/mol. The first-order valence-corrected chi connectivity index (χ1v) is 10.2. The number of imidazole rings is 1. The van der Waals surface area contributed by atoms with Gasteiger partial charge in [-0.15, -0.1) is 0 Å². The van der Waals surface area contributed by atoms with Crippen molar-refractivity contribution in [2.45, 2.75) is 31.2 Å². The van der Waals surface area contributed by atoms with Gasteiger partial charge in [-0.1, -0.05) is 48.5 Å². The first kappa shape index (κ1) is 20.7. The number of aliphatic carboxylic acids is 1. The lowest BCUT2D eigenvalue weighted by Gasteiger charge is -2.24. The van der Waals surface area contributed by atoms with Crippen molar-refractivity contribution in [1.82, 2.24) is 14.9 Å². The third kappa shape index (κ3) is 4.17. The summed E-state index contributed by atoms with van der Waals surface area (Å²) in [4.78, 5) is 28.0. The van der Waals surface area contributed by atoms with Gasteiger partial charge in [-0.3, -0.25) is 4.79 Å². The van der Waals surface area contributed by atoms with Crippen LogP contribution in [0.5, 0.6) is 0 Å². The summed E-state index contributed by atoms with van der Waals surface area (Å²) in [6.07, 6.45) is 2.56. The lowest BCUT2D eigenvalue weighted by molar-refractivity contribution is -0.137. The van der Waals surface area contributed by atoms with Gasteiger partial charge in [-0.2, -0.15) is 0 Å². The van der Waals surface area contributed by atoms with Gasteiger partial charge in [0.1, 0.15) is 6.61 Å². The Morgan fingerprint density at radius 1 is 1.13 bits per heavy atom. The van der Waals surface area contributed by atoms with Crippen LogP contribution in [0, 0.1) is 0 Å². The third-order valence-electron chi connectivity index (χ3n) is 5.92. The number of carbonyl (C=O) groups excluding carboxylic acids is 1. The summed E-state index contributed by atoms with van der Waals surface area (Å²) in [7, 11) is 1.80. The number of carboxylic acid groups (broad SMARTS) is 1. The summed E-state index contributed by atoms with van der Waals surface area (Å²) < 4.78 is 7.36. The van der Waals surface area contributed by atoms with Gasteiger partial charge in [0.25, 0.3) is 0 Å². The van der Waals surface area contributed by atoms with E-state index >= 15 is 0 Å². The van der Waals surface area contributed by atoms with Crippen LogP contribution in [0.1, 0.15) is 42.0 Å². The van der Waals surface area contributed by atoms with Crippen molar-refractivity contribution in [1.29, 1.82) is 0 Å². The Morgan fingerprint density at radius 2 is 1.74 bits per heavy atom. The highest BCUT2D eigenvalue weighted by molar-refractivity contribution is 5.79. The summed E-state index contributed by atoms with van der Waals surface area (Å²) >= 11 is 0. The number of aromatic nitrogens is 2. The summed E-state index contributed by atoms with van der Waals surface area (Å²) in [6.45, 7) is 1.99. The predicted octanol–water partition coefficient (Wildman–Crippen LogP) is 3.91. The van der Waals surface area contributed by atoms with Crippen molar-refractivity contribution >= 4 is 12.1 Å². The minimum atomic E-state index is -0.938. The summed E-state index contributed by atoms with van der Waals surface area (Å²) in [5.41, 5.74) is 5.36. The van der Waals surface area contributed by atoms with E-state index in [0.717, 1.165) is 16.8 Å². The Morgan fingerprint density at radius 3 is 2.29 bits per heavy atom. The quantitative estimate of drug-likeness (QED) is 0.606. The van der Waals surface area contributed by atoms with E-state index in [-0.39, 0.29) is 18.9 Å². The summed E-state index contributed by atoms with van der Waals surface area (Å²) in [5.74, 6) is -1.39. The highest BCUT2D eigenvalue weighted by Crippen LogP contribution is 2.44. The molecule has 0 spiro atoms. The van der Waals surface area contributed by atoms with Crippen molar-refractivity contribution in [2.24, 2.45) is 7.05 Å². The standard InChI is InChI=1S/C24H25N3O4/c1-15(20(11-23(28)29)22-12-25-14-27(22)2)26-24(30)31-13-21-18-9-5-3-7-16(18)17-8-4-6-10-19(17)21/h3-10,12,14-15,20-21H,11,13H2,1-2H3,(H,26,30)(H,28,29). The van der Waals surface area contributed by atoms with Crippen molar-refractivity contribution < 1.29 is 19.4 Å². The van der Waals surface area contributed by atoms with Gasteiger partial charge < -0.3 is 19.7 Å². The number of alkyl carbamates (subject to hydrolysis) is 1. The molecule has 1 aliphatic rings. The van der Waals surface area contributed by atoms with Gasteiger partial charge in [-0.25, -0.2) is 9.78 Å². The van der Waals surface area contributed by atoms with Crippen LogP contribution in [0.3, 0.4) is 0 Å². The fraction of sp³-hybridized carbons (Fsp3) is 0.292. The molecule has 3 aromatic rings. The second-order valence-corrected chi connectivity index (χ2v) is 7.89.